The van der Waals surface area contributed by atoms with E-state index in [0.29, 0.717) is 25.3 Å². The van der Waals surface area contributed by atoms with Crippen LogP contribution >= 0.6 is 0 Å². The molecule has 0 unspecified atom stereocenters. The first-order valence-corrected chi connectivity index (χ1v) is 8.77. The van der Waals surface area contributed by atoms with Gasteiger partial charge < -0.3 is 14.6 Å². The van der Waals surface area contributed by atoms with E-state index in [9.17, 15) is 9.59 Å². The highest BCUT2D eigenvalue weighted by Gasteiger charge is 2.18. The maximum atomic E-state index is 12.7. The molecule has 27 heavy (non-hydrogen) atoms. The van der Waals surface area contributed by atoms with Crippen LogP contribution in [-0.4, -0.2) is 45.8 Å². The van der Waals surface area contributed by atoms with E-state index >= 15 is 0 Å². The molecule has 0 aliphatic carbocycles. The number of nitrogens with one attached hydrogen (secondary N) is 1. The SMILES string of the molecule is CCN(CCn1cccn1)C(=O)c1ccc(-c2ccc(OC)cc2)[nH]c1=O. The van der Waals surface area contributed by atoms with Crippen LogP contribution in [0.4, 0.5) is 0 Å². The summed E-state index contributed by atoms with van der Waals surface area (Å²) in [4.78, 5) is 29.7. The predicted molar refractivity (Wildman–Crippen MR) is 103 cm³/mol. The van der Waals surface area contributed by atoms with Crippen molar-refractivity contribution in [3.63, 3.8) is 0 Å². The van der Waals surface area contributed by atoms with Gasteiger partial charge in [-0.25, -0.2) is 0 Å². The fourth-order valence-electron chi connectivity index (χ4n) is 2.81. The lowest BCUT2D eigenvalue weighted by molar-refractivity contribution is 0.0755. The monoisotopic (exact) mass is 366 g/mol. The number of nitrogens with zero attached hydrogens (tertiary/aromatic N) is 3. The van der Waals surface area contributed by atoms with E-state index < -0.39 is 5.56 Å². The zero-order valence-electron chi connectivity index (χ0n) is 15.4. The Morgan fingerprint density at radius 1 is 1.22 bits per heavy atom. The van der Waals surface area contributed by atoms with Crippen LogP contribution in [0.5, 0.6) is 5.75 Å². The first-order chi connectivity index (χ1) is 13.1. The molecule has 140 valence electrons. The normalized spacial score (nSPS) is 10.6. The molecule has 0 fully saturated rings. The van der Waals surface area contributed by atoms with Gasteiger partial charge in [-0.3, -0.25) is 14.3 Å². The molecule has 1 aromatic carbocycles. The van der Waals surface area contributed by atoms with Crippen LogP contribution in [0.25, 0.3) is 11.3 Å². The van der Waals surface area contributed by atoms with Crippen LogP contribution in [0.1, 0.15) is 17.3 Å². The number of H-pyrrole nitrogens is 1. The molecular weight excluding hydrogens is 344 g/mol. The number of aromatic nitrogens is 3. The van der Waals surface area contributed by atoms with Gasteiger partial charge in [0.1, 0.15) is 11.3 Å². The van der Waals surface area contributed by atoms with Crippen molar-refractivity contribution in [2.45, 2.75) is 13.5 Å². The van der Waals surface area contributed by atoms with Gasteiger partial charge in [0.2, 0.25) is 0 Å². The van der Waals surface area contributed by atoms with E-state index in [0.717, 1.165) is 11.3 Å². The van der Waals surface area contributed by atoms with Gasteiger partial charge in [-0.1, -0.05) is 0 Å². The third kappa shape index (κ3) is 4.25. The standard InChI is InChI=1S/C20H22N4O3/c1-3-23(13-14-24-12-4-11-21-24)20(26)17-9-10-18(22-19(17)25)15-5-7-16(27-2)8-6-15/h4-12H,3,13-14H2,1-2H3,(H,22,25). The van der Waals surface area contributed by atoms with Crippen LogP contribution in [0.2, 0.25) is 0 Å². The molecule has 0 aliphatic heterocycles. The Hall–Kier alpha value is -3.35. The Kier molecular flexibility index (Phi) is 5.71. The molecule has 2 heterocycles. The molecule has 0 radical (unpaired) electrons. The van der Waals surface area contributed by atoms with Crippen molar-refractivity contribution >= 4 is 5.91 Å². The summed E-state index contributed by atoms with van der Waals surface area (Å²) >= 11 is 0. The van der Waals surface area contributed by atoms with Crippen molar-refractivity contribution in [2.24, 2.45) is 0 Å². The van der Waals surface area contributed by atoms with Crippen molar-refractivity contribution < 1.29 is 9.53 Å². The lowest BCUT2D eigenvalue weighted by Gasteiger charge is -2.20. The number of carbonyl (C=O) groups is 1. The summed E-state index contributed by atoms with van der Waals surface area (Å²) < 4.78 is 6.90. The largest absolute Gasteiger partial charge is 0.497 e. The van der Waals surface area contributed by atoms with E-state index in [1.807, 2.05) is 43.5 Å². The molecule has 7 heteroatoms. The average molecular weight is 366 g/mol. The highest BCUT2D eigenvalue weighted by Crippen LogP contribution is 2.20. The van der Waals surface area contributed by atoms with Gasteiger partial charge in [-0.05, 0) is 55.0 Å². The van der Waals surface area contributed by atoms with E-state index in [1.165, 1.54) is 0 Å². The molecule has 7 nitrogen and oxygen atoms in total. The third-order valence-electron chi connectivity index (χ3n) is 4.37. The number of pyridine rings is 1. The maximum absolute atomic E-state index is 12.7. The Morgan fingerprint density at radius 3 is 2.59 bits per heavy atom. The second-order valence-corrected chi connectivity index (χ2v) is 6.00. The summed E-state index contributed by atoms with van der Waals surface area (Å²) in [7, 11) is 1.60. The first-order valence-electron chi connectivity index (χ1n) is 8.77. The number of hydrogen-bond donors (Lipinski definition) is 1. The van der Waals surface area contributed by atoms with Crippen molar-refractivity contribution in [3.05, 3.63) is 70.8 Å². The first kappa shape index (κ1) is 18.4. The van der Waals surface area contributed by atoms with E-state index in [4.69, 9.17) is 4.74 Å². The average Bonchev–Trinajstić information content (AvgIpc) is 3.22. The number of carbonyl (C=O) groups excluding carboxylic acids is 1. The quantitative estimate of drug-likeness (QED) is 0.696. The van der Waals surface area contributed by atoms with Crippen molar-refractivity contribution in [3.8, 4) is 17.0 Å². The second kappa shape index (κ2) is 8.35. The van der Waals surface area contributed by atoms with Gasteiger partial charge in [0.15, 0.2) is 0 Å². The van der Waals surface area contributed by atoms with Gasteiger partial charge in [0.25, 0.3) is 11.5 Å². The van der Waals surface area contributed by atoms with Gasteiger partial charge in [-0.2, -0.15) is 5.10 Å². The number of amides is 1. The van der Waals surface area contributed by atoms with E-state index in [2.05, 4.69) is 10.1 Å². The number of aromatic amines is 1. The molecule has 0 atom stereocenters. The lowest BCUT2D eigenvalue weighted by Crippen LogP contribution is -2.37. The minimum Gasteiger partial charge on any atom is -0.497 e. The Morgan fingerprint density at radius 2 is 2.00 bits per heavy atom. The second-order valence-electron chi connectivity index (χ2n) is 6.00. The zero-order chi connectivity index (χ0) is 19.2. The van der Waals surface area contributed by atoms with E-state index in [1.54, 1.807) is 35.0 Å². The van der Waals surface area contributed by atoms with Gasteiger partial charge in [0, 0.05) is 31.2 Å². The number of methoxy groups -OCH3 is 1. The van der Waals surface area contributed by atoms with Gasteiger partial charge in [0.05, 0.1) is 13.7 Å². The van der Waals surface area contributed by atoms with Crippen molar-refractivity contribution in [1.82, 2.24) is 19.7 Å². The molecular formula is C20H22N4O3. The molecule has 0 saturated carbocycles. The summed E-state index contributed by atoms with van der Waals surface area (Å²) in [6.45, 7) is 3.46. The van der Waals surface area contributed by atoms with Crippen LogP contribution in [-0.2, 0) is 6.54 Å². The highest BCUT2D eigenvalue weighted by atomic mass is 16.5. The summed E-state index contributed by atoms with van der Waals surface area (Å²) in [6, 6.07) is 12.5. The highest BCUT2D eigenvalue weighted by molar-refractivity contribution is 5.94. The topological polar surface area (TPSA) is 80.2 Å². The molecule has 3 rings (SSSR count). The molecule has 3 aromatic rings. The molecule has 0 aliphatic rings. The fraction of sp³-hybridized carbons (Fsp3) is 0.250. The summed E-state index contributed by atoms with van der Waals surface area (Å²) in [5, 5.41) is 4.13. The lowest BCUT2D eigenvalue weighted by atomic mass is 10.1. The Balaban J connectivity index is 1.76. The van der Waals surface area contributed by atoms with Crippen LogP contribution < -0.4 is 10.3 Å². The number of hydrogen-bond acceptors (Lipinski definition) is 4. The molecule has 0 bridgehead atoms. The minimum atomic E-state index is -0.397. The van der Waals surface area contributed by atoms with Gasteiger partial charge in [-0.15, -0.1) is 0 Å². The van der Waals surface area contributed by atoms with Crippen molar-refractivity contribution in [2.75, 3.05) is 20.2 Å². The third-order valence-corrected chi connectivity index (χ3v) is 4.37. The Bertz CT molecular complexity index is 946. The molecule has 0 spiro atoms. The molecule has 0 saturated heterocycles. The summed E-state index contributed by atoms with van der Waals surface area (Å²) in [5.41, 5.74) is 1.23. The van der Waals surface area contributed by atoms with Gasteiger partial charge >= 0.3 is 0 Å². The maximum Gasteiger partial charge on any atom is 0.261 e. The van der Waals surface area contributed by atoms with Crippen molar-refractivity contribution in [1.29, 1.82) is 0 Å². The summed E-state index contributed by atoms with van der Waals surface area (Å²) in [5.74, 6) is 0.454. The number of benzene rings is 1. The van der Waals surface area contributed by atoms with Crippen LogP contribution in [0, 0.1) is 0 Å². The fourth-order valence-corrected chi connectivity index (χ4v) is 2.81. The number of rotatable bonds is 7. The molecule has 1 N–H and O–H groups in total. The Labute approximate surface area is 157 Å². The molecule has 2 aromatic heterocycles. The zero-order valence-corrected chi connectivity index (χ0v) is 15.4. The van der Waals surface area contributed by atoms with E-state index in [-0.39, 0.29) is 11.5 Å². The number of likely N-dealkylation sites (N-methyl/N-ethyl adjacent to an activating group) is 1. The van der Waals surface area contributed by atoms with Crippen LogP contribution in [0.3, 0.4) is 0 Å². The predicted octanol–water partition coefficient (Wildman–Crippen LogP) is 2.41. The molecule has 1 amide bonds. The summed E-state index contributed by atoms with van der Waals surface area (Å²) in [6.07, 6.45) is 3.54. The number of ether oxygens (including phenoxy) is 1. The van der Waals surface area contributed by atoms with Crippen LogP contribution in [0.15, 0.2) is 59.7 Å². The minimum absolute atomic E-state index is 0.134. The smallest absolute Gasteiger partial charge is 0.261 e.